The summed E-state index contributed by atoms with van der Waals surface area (Å²) in [5.41, 5.74) is 0.510. The number of aromatic nitrogens is 2. The zero-order chi connectivity index (χ0) is 10.6. The topological polar surface area (TPSA) is 96.2 Å². The van der Waals surface area contributed by atoms with E-state index in [-0.39, 0.29) is 0 Å². The van der Waals surface area contributed by atoms with E-state index in [0.717, 1.165) is 0 Å². The predicted molar refractivity (Wildman–Crippen MR) is 47.9 cm³/mol. The normalized spacial score (nSPS) is 9.50. The predicted octanol–water partition coefficient (Wildman–Crippen LogP) is -0.374. The minimum atomic E-state index is -1.09. The second-order valence-corrected chi connectivity index (χ2v) is 2.60. The third kappa shape index (κ3) is 3.13. The summed E-state index contributed by atoms with van der Waals surface area (Å²) in [6, 6.07) is -0.569. The Morgan fingerprint density at radius 3 is 2.86 bits per heavy atom. The van der Waals surface area contributed by atoms with Crippen molar-refractivity contribution in [2.45, 2.75) is 0 Å². The van der Waals surface area contributed by atoms with Crippen molar-refractivity contribution in [2.75, 3.05) is 11.9 Å². The Labute approximate surface area is 79.7 Å². The second kappa shape index (κ2) is 4.26. The van der Waals surface area contributed by atoms with Gasteiger partial charge in [-0.3, -0.25) is 9.48 Å². The number of urea groups is 1. The maximum Gasteiger partial charge on any atom is 0.323 e. The molecule has 0 aliphatic heterocycles. The molecule has 0 aliphatic carbocycles. The van der Waals surface area contributed by atoms with Gasteiger partial charge in [0.25, 0.3) is 0 Å². The molecule has 0 aromatic carbocycles. The van der Waals surface area contributed by atoms with Crippen LogP contribution in [0.2, 0.25) is 0 Å². The summed E-state index contributed by atoms with van der Waals surface area (Å²) in [5, 5.41) is 16.7. The lowest BCUT2D eigenvalue weighted by molar-refractivity contribution is -0.135. The van der Waals surface area contributed by atoms with Crippen molar-refractivity contribution in [3.63, 3.8) is 0 Å². The number of carboxylic acids is 1. The minimum Gasteiger partial charge on any atom is -0.480 e. The van der Waals surface area contributed by atoms with Crippen LogP contribution in [0, 0.1) is 0 Å². The molecule has 0 aliphatic rings. The fourth-order valence-electron chi connectivity index (χ4n) is 0.817. The first-order valence-electron chi connectivity index (χ1n) is 3.83. The molecule has 3 N–H and O–H groups in total. The molecule has 1 aromatic heterocycles. The third-order valence-electron chi connectivity index (χ3n) is 1.36. The van der Waals surface area contributed by atoms with Crippen molar-refractivity contribution in [1.29, 1.82) is 0 Å². The molecule has 7 nitrogen and oxygen atoms in total. The number of hydrogen-bond acceptors (Lipinski definition) is 3. The number of nitrogens with zero attached hydrogens (tertiary/aromatic N) is 2. The van der Waals surface area contributed by atoms with Crippen LogP contribution in [0.4, 0.5) is 10.5 Å². The zero-order valence-corrected chi connectivity index (χ0v) is 7.52. The first kappa shape index (κ1) is 10.0. The van der Waals surface area contributed by atoms with Crippen molar-refractivity contribution in [3.8, 4) is 0 Å². The standard InChI is InChI=1S/C7H10N4O3/c1-11-4-5(2-9-11)10-7(14)8-3-6(12)13/h2,4H,3H2,1H3,(H,12,13)(H2,8,10,14). The number of amides is 2. The van der Waals surface area contributed by atoms with Gasteiger partial charge >= 0.3 is 12.0 Å². The Morgan fingerprint density at radius 1 is 1.64 bits per heavy atom. The average molecular weight is 198 g/mol. The molecule has 0 unspecified atom stereocenters. The van der Waals surface area contributed by atoms with E-state index in [1.54, 1.807) is 13.2 Å². The second-order valence-electron chi connectivity index (χ2n) is 2.60. The van der Waals surface area contributed by atoms with E-state index in [9.17, 15) is 9.59 Å². The molecule has 0 saturated carbocycles. The molecule has 7 heteroatoms. The molecule has 0 bridgehead atoms. The molecule has 1 heterocycles. The zero-order valence-electron chi connectivity index (χ0n) is 7.52. The van der Waals surface area contributed by atoms with Crippen molar-refractivity contribution in [1.82, 2.24) is 15.1 Å². The highest BCUT2D eigenvalue weighted by Gasteiger charge is 2.04. The van der Waals surface area contributed by atoms with E-state index >= 15 is 0 Å². The van der Waals surface area contributed by atoms with Gasteiger partial charge in [0.05, 0.1) is 11.9 Å². The highest BCUT2D eigenvalue weighted by Crippen LogP contribution is 2.01. The Morgan fingerprint density at radius 2 is 2.36 bits per heavy atom. The molecule has 0 fully saturated rings. The van der Waals surface area contributed by atoms with Gasteiger partial charge in [0.2, 0.25) is 0 Å². The number of aliphatic carboxylic acids is 1. The number of carbonyl (C=O) groups excluding carboxylic acids is 1. The molecule has 0 spiro atoms. The van der Waals surface area contributed by atoms with E-state index in [2.05, 4.69) is 15.7 Å². The first-order chi connectivity index (χ1) is 6.58. The number of aryl methyl sites for hydroxylation is 1. The molecule has 1 rings (SSSR count). The number of carbonyl (C=O) groups is 2. The molecule has 0 atom stereocenters. The Balaban J connectivity index is 2.37. The summed E-state index contributed by atoms with van der Waals surface area (Å²) < 4.78 is 1.52. The lowest BCUT2D eigenvalue weighted by Gasteiger charge is -2.01. The summed E-state index contributed by atoms with van der Waals surface area (Å²) >= 11 is 0. The third-order valence-corrected chi connectivity index (χ3v) is 1.36. The van der Waals surface area contributed by atoms with Crippen LogP contribution in [0.3, 0.4) is 0 Å². The van der Waals surface area contributed by atoms with Crippen molar-refractivity contribution >= 4 is 17.7 Å². The van der Waals surface area contributed by atoms with E-state index in [4.69, 9.17) is 5.11 Å². The van der Waals surface area contributed by atoms with Gasteiger partial charge in [-0.1, -0.05) is 0 Å². The van der Waals surface area contributed by atoms with Gasteiger partial charge in [0.15, 0.2) is 0 Å². The van der Waals surface area contributed by atoms with Crippen LogP contribution in [0.5, 0.6) is 0 Å². The van der Waals surface area contributed by atoms with Gasteiger partial charge in [-0.2, -0.15) is 5.10 Å². The van der Waals surface area contributed by atoms with Gasteiger partial charge in [0.1, 0.15) is 6.54 Å². The van der Waals surface area contributed by atoms with Crippen molar-refractivity contribution in [2.24, 2.45) is 7.05 Å². The van der Waals surface area contributed by atoms with E-state index in [1.807, 2.05) is 0 Å². The van der Waals surface area contributed by atoms with Gasteiger partial charge in [-0.05, 0) is 0 Å². The summed E-state index contributed by atoms with van der Waals surface area (Å²) in [5.74, 6) is -1.09. The smallest absolute Gasteiger partial charge is 0.323 e. The molecule has 0 saturated heterocycles. The van der Waals surface area contributed by atoms with Gasteiger partial charge in [-0.25, -0.2) is 4.79 Å². The van der Waals surface area contributed by atoms with Crippen LogP contribution < -0.4 is 10.6 Å². The van der Waals surface area contributed by atoms with Crippen LogP contribution in [-0.2, 0) is 11.8 Å². The SMILES string of the molecule is Cn1cc(NC(=O)NCC(=O)O)cn1. The molecular formula is C7H10N4O3. The van der Waals surface area contributed by atoms with E-state index in [0.29, 0.717) is 5.69 Å². The number of rotatable bonds is 3. The van der Waals surface area contributed by atoms with E-state index in [1.165, 1.54) is 10.9 Å². The highest BCUT2D eigenvalue weighted by molar-refractivity contribution is 5.90. The molecular weight excluding hydrogens is 188 g/mol. The van der Waals surface area contributed by atoms with Crippen LogP contribution in [0.1, 0.15) is 0 Å². The lowest BCUT2D eigenvalue weighted by Crippen LogP contribution is -2.32. The largest absolute Gasteiger partial charge is 0.480 e. The maximum absolute atomic E-state index is 11.0. The first-order valence-corrected chi connectivity index (χ1v) is 3.83. The van der Waals surface area contributed by atoms with Gasteiger partial charge in [0, 0.05) is 13.2 Å². The highest BCUT2D eigenvalue weighted by atomic mass is 16.4. The average Bonchev–Trinajstić information content (AvgIpc) is 2.48. The van der Waals surface area contributed by atoms with E-state index < -0.39 is 18.5 Å². The summed E-state index contributed by atoms with van der Waals surface area (Å²) in [4.78, 5) is 21.1. The molecule has 0 radical (unpaired) electrons. The Bertz CT molecular complexity index is 346. The number of anilines is 1. The summed E-state index contributed by atoms with van der Waals surface area (Å²) in [6.45, 7) is -0.411. The fourth-order valence-corrected chi connectivity index (χ4v) is 0.817. The summed E-state index contributed by atoms with van der Waals surface area (Å²) in [6.07, 6.45) is 3.06. The lowest BCUT2D eigenvalue weighted by atomic mass is 10.5. The molecule has 2 amide bonds. The van der Waals surface area contributed by atoms with Crippen molar-refractivity contribution in [3.05, 3.63) is 12.4 Å². The maximum atomic E-state index is 11.0. The fraction of sp³-hybridized carbons (Fsp3) is 0.286. The minimum absolute atomic E-state index is 0.411. The monoisotopic (exact) mass is 198 g/mol. The van der Waals surface area contributed by atoms with Crippen LogP contribution in [0.15, 0.2) is 12.4 Å². The number of carboxylic acid groups (broad SMARTS) is 1. The van der Waals surface area contributed by atoms with Crippen LogP contribution in [0.25, 0.3) is 0 Å². The van der Waals surface area contributed by atoms with Crippen LogP contribution >= 0.6 is 0 Å². The summed E-state index contributed by atoms with van der Waals surface area (Å²) in [7, 11) is 1.71. The Hall–Kier alpha value is -2.05. The molecule has 76 valence electrons. The van der Waals surface area contributed by atoms with Crippen LogP contribution in [-0.4, -0.2) is 33.4 Å². The quantitative estimate of drug-likeness (QED) is 0.617. The molecule has 14 heavy (non-hydrogen) atoms. The van der Waals surface area contributed by atoms with Crippen molar-refractivity contribution < 1.29 is 14.7 Å². The van der Waals surface area contributed by atoms with Gasteiger partial charge in [-0.15, -0.1) is 0 Å². The molecule has 1 aromatic rings. The van der Waals surface area contributed by atoms with Gasteiger partial charge < -0.3 is 15.7 Å². The Kier molecular flexibility index (Phi) is 3.05. The number of nitrogens with one attached hydrogen (secondary N) is 2. The number of hydrogen-bond donors (Lipinski definition) is 3.